The molecule has 6 N–H and O–H groups in total. The summed E-state index contributed by atoms with van der Waals surface area (Å²) in [6.07, 6.45) is -13.3. The van der Waals surface area contributed by atoms with Crippen molar-refractivity contribution < 1.29 is 78.2 Å². The van der Waals surface area contributed by atoms with Crippen molar-refractivity contribution in [1.82, 2.24) is 0 Å². The van der Waals surface area contributed by atoms with E-state index in [1.165, 1.54) is 6.08 Å². The predicted octanol–water partition coefficient (Wildman–Crippen LogP) is -2.29. The predicted molar refractivity (Wildman–Crippen MR) is 155 cm³/mol. The van der Waals surface area contributed by atoms with Crippen LogP contribution in [0.15, 0.2) is 11.8 Å². The van der Waals surface area contributed by atoms with Crippen LogP contribution in [-0.4, -0.2) is 135 Å². The number of Topliss-reactive ketones (excluding diaryl/α,β-unsaturated/α-hetero) is 1. The smallest absolute Gasteiger partial charge is 0.348 e. The zero-order chi connectivity index (χ0) is 35.2. The molecule has 3 saturated heterocycles. The molecule has 3 heterocycles. The molecular formula is C32H44O16. The zero-order valence-corrected chi connectivity index (χ0v) is 27.3. The van der Waals surface area contributed by atoms with Crippen molar-refractivity contribution in [3.63, 3.8) is 0 Å². The lowest BCUT2D eigenvalue weighted by Crippen LogP contribution is -2.79. The van der Waals surface area contributed by atoms with Crippen LogP contribution in [-0.2, 0) is 47.6 Å². The molecule has 268 valence electrons. The molecule has 2 bridgehead atoms. The van der Waals surface area contributed by atoms with Gasteiger partial charge in [-0.05, 0) is 29.7 Å². The van der Waals surface area contributed by atoms with Gasteiger partial charge in [0.2, 0.25) is 18.0 Å². The molecule has 0 aromatic heterocycles. The van der Waals surface area contributed by atoms with E-state index >= 15 is 0 Å². The summed E-state index contributed by atoms with van der Waals surface area (Å²) in [5, 5.41) is 64.6. The van der Waals surface area contributed by atoms with Crippen LogP contribution in [0.25, 0.3) is 0 Å². The summed E-state index contributed by atoms with van der Waals surface area (Å²) >= 11 is 0. The van der Waals surface area contributed by atoms with Crippen molar-refractivity contribution in [2.24, 2.45) is 40.4 Å². The van der Waals surface area contributed by atoms with E-state index in [2.05, 4.69) is 0 Å². The number of carbonyl (C=O) groups excluding carboxylic acids is 4. The summed E-state index contributed by atoms with van der Waals surface area (Å²) in [7, 11) is 1.06. The minimum absolute atomic E-state index is 0.0576. The molecule has 6 rings (SSSR count). The van der Waals surface area contributed by atoms with E-state index in [0.29, 0.717) is 0 Å². The van der Waals surface area contributed by atoms with Crippen LogP contribution in [0.2, 0.25) is 0 Å². The van der Waals surface area contributed by atoms with Crippen LogP contribution in [0.4, 0.5) is 0 Å². The van der Waals surface area contributed by atoms with Gasteiger partial charge in [0.15, 0.2) is 11.5 Å². The summed E-state index contributed by atoms with van der Waals surface area (Å²) in [5.41, 5.74) is -5.03. The van der Waals surface area contributed by atoms with Gasteiger partial charge in [0.1, 0.15) is 36.6 Å². The number of aliphatic hydroxyl groups is 6. The van der Waals surface area contributed by atoms with Gasteiger partial charge in [-0.2, -0.15) is 0 Å². The maximum Gasteiger partial charge on any atom is 0.348 e. The maximum absolute atomic E-state index is 13.8. The first kappa shape index (κ1) is 35.1. The van der Waals surface area contributed by atoms with Gasteiger partial charge >= 0.3 is 17.9 Å². The fraction of sp³-hybridized carbons (Fsp3) is 0.812. The van der Waals surface area contributed by atoms with Crippen molar-refractivity contribution in [2.75, 3.05) is 20.3 Å². The molecule has 3 aliphatic carbocycles. The third kappa shape index (κ3) is 4.63. The summed E-state index contributed by atoms with van der Waals surface area (Å²) in [4.78, 5) is 54.0. The Morgan fingerprint density at radius 3 is 2.35 bits per heavy atom. The molecule has 0 radical (unpaired) electrons. The average molecular weight is 685 g/mol. The number of aliphatic hydroxyl groups excluding tert-OH is 6. The Balaban J connectivity index is 1.47. The van der Waals surface area contributed by atoms with E-state index in [4.69, 9.17) is 28.4 Å². The van der Waals surface area contributed by atoms with Gasteiger partial charge in [0.05, 0.1) is 32.3 Å². The van der Waals surface area contributed by atoms with Crippen LogP contribution >= 0.6 is 0 Å². The molecule has 16 heteroatoms. The summed E-state index contributed by atoms with van der Waals surface area (Å²) in [6, 6.07) is 0. The molecule has 1 spiro atoms. The first-order valence-corrected chi connectivity index (χ1v) is 16.2. The Morgan fingerprint density at radius 2 is 1.73 bits per heavy atom. The van der Waals surface area contributed by atoms with Gasteiger partial charge < -0.3 is 59.1 Å². The van der Waals surface area contributed by atoms with E-state index < -0.39 is 126 Å². The number of hydrogen-bond donors (Lipinski definition) is 6. The lowest BCUT2D eigenvalue weighted by atomic mass is 9.38. The largest absolute Gasteiger partial charge is 0.467 e. The zero-order valence-electron chi connectivity index (χ0n) is 27.3. The number of ether oxygens (including phenoxy) is 6. The molecule has 0 amide bonds. The molecule has 5 fully saturated rings. The van der Waals surface area contributed by atoms with Gasteiger partial charge in [0, 0.05) is 23.7 Å². The number of methoxy groups -OCH3 is 1. The summed E-state index contributed by atoms with van der Waals surface area (Å²) in [6.45, 7) is 5.84. The Bertz CT molecular complexity index is 1380. The molecule has 16 atom stereocenters. The molecule has 3 aliphatic heterocycles. The first-order valence-electron chi connectivity index (χ1n) is 16.2. The molecule has 0 aromatic carbocycles. The minimum atomic E-state index is -2.32. The van der Waals surface area contributed by atoms with Crippen LogP contribution in [0.1, 0.15) is 40.5 Å². The second kappa shape index (κ2) is 12.0. The Morgan fingerprint density at radius 1 is 1.04 bits per heavy atom. The molecule has 48 heavy (non-hydrogen) atoms. The van der Waals surface area contributed by atoms with Gasteiger partial charge in [-0.3, -0.25) is 9.59 Å². The number of rotatable bonds is 7. The number of fused-ring (bicyclic) bond motifs is 2. The SMILES string of the molecule is COC(=O)[C@@]12OC[C@]34[C@H]([C@@H](O)[C@@H]1O)[C@@]1(C)C=C(O[C@@H]5O[C@H](CO)[C@@H](O)[C@H](O)[C@H]5O)C(=O)[C@@H](C)[C@@H]1C[C@H]3OC(=O)[C@H](OC(=O)CC(C)C)[C@@H]24. The van der Waals surface area contributed by atoms with Gasteiger partial charge in [-0.15, -0.1) is 0 Å². The highest BCUT2D eigenvalue weighted by Crippen LogP contribution is 2.72. The highest BCUT2D eigenvalue weighted by molar-refractivity contribution is 5.96. The molecular weight excluding hydrogens is 640 g/mol. The lowest BCUT2D eigenvalue weighted by molar-refractivity contribution is -0.296. The van der Waals surface area contributed by atoms with E-state index in [-0.39, 0.29) is 31.1 Å². The van der Waals surface area contributed by atoms with Crippen molar-refractivity contribution in [2.45, 2.75) is 101 Å². The third-order valence-electron chi connectivity index (χ3n) is 11.7. The average Bonchev–Trinajstić information content (AvgIpc) is 3.34. The fourth-order valence-electron chi connectivity index (χ4n) is 9.70. The molecule has 0 aromatic rings. The monoisotopic (exact) mass is 684 g/mol. The standard InChI is InChI=1S/C32H44O16/c1-11(2)6-17(34)48-23-25-31-10-44-32(25,29(42)43-5)26(40)22(39)24(31)30(4)8-14(18(35)12(3)13(30)7-16(31)47-27(23)41)45-28-21(38)20(37)19(36)15(9-33)46-28/h8,11-13,15-16,19-26,28,33,36-40H,6-7,9-10H2,1-5H3/t12-,13-,15+,16+,19+,20-,21+,22+,23+,24+,25+,26-,28+,30-,31+,32-/m0/s1. The molecule has 2 saturated carbocycles. The van der Waals surface area contributed by atoms with E-state index in [9.17, 15) is 49.8 Å². The maximum atomic E-state index is 13.8. The van der Waals surface area contributed by atoms with Crippen molar-refractivity contribution in [1.29, 1.82) is 0 Å². The topological polar surface area (TPSA) is 245 Å². The number of carbonyl (C=O) groups is 4. The van der Waals surface area contributed by atoms with Gasteiger partial charge in [-0.25, -0.2) is 9.59 Å². The van der Waals surface area contributed by atoms with Crippen LogP contribution < -0.4 is 0 Å². The number of esters is 3. The van der Waals surface area contributed by atoms with Crippen LogP contribution in [0.5, 0.6) is 0 Å². The van der Waals surface area contributed by atoms with Crippen molar-refractivity contribution in [3.8, 4) is 0 Å². The minimum Gasteiger partial charge on any atom is -0.467 e. The second-order valence-electron chi connectivity index (χ2n) is 14.7. The highest BCUT2D eigenvalue weighted by atomic mass is 16.7. The van der Waals surface area contributed by atoms with Gasteiger partial charge in [0.25, 0.3) is 0 Å². The quantitative estimate of drug-likeness (QED) is 0.122. The van der Waals surface area contributed by atoms with E-state index in [1.807, 2.05) is 0 Å². The van der Waals surface area contributed by atoms with Crippen molar-refractivity contribution >= 4 is 23.7 Å². The number of allylic oxidation sites excluding steroid dienone is 2. The normalized spacial score (nSPS) is 49.3. The van der Waals surface area contributed by atoms with E-state index in [0.717, 1.165) is 7.11 Å². The van der Waals surface area contributed by atoms with Crippen molar-refractivity contribution in [3.05, 3.63) is 11.8 Å². The molecule has 0 unspecified atom stereocenters. The summed E-state index contributed by atoms with van der Waals surface area (Å²) in [5.74, 6) is -7.71. The van der Waals surface area contributed by atoms with Gasteiger partial charge in [-0.1, -0.05) is 27.7 Å². The summed E-state index contributed by atoms with van der Waals surface area (Å²) < 4.78 is 34.2. The first-order chi connectivity index (χ1) is 22.5. The van der Waals surface area contributed by atoms with Crippen LogP contribution in [0.3, 0.4) is 0 Å². The van der Waals surface area contributed by atoms with E-state index in [1.54, 1.807) is 27.7 Å². The number of hydrogen-bond acceptors (Lipinski definition) is 16. The highest BCUT2D eigenvalue weighted by Gasteiger charge is 2.85. The number of ketones is 1. The Hall–Kier alpha value is -2.70. The lowest BCUT2D eigenvalue weighted by Gasteiger charge is -2.67. The second-order valence-corrected chi connectivity index (χ2v) is 14.7. The van der Waals surface area contributed by atoms with Crippen LogP contribution in [0, 0.1) is 40.4 Å². The molecule has 16 nitrogen and oxygen atoms in total. The Kier molecular flexibility index (Phi) is 8.76. The fourth-order valence-corrected chi connectivity index (χ4v) is 9.70. The Labute approximate surface area is 275 Å². The molecule has 6 aliphatic rings. The third-order valence-corrected chi connectivity index (χ3v) is 11.7.